The van der Waals surface area contributed by atoms with Gasteiger partial charge in [-0.2, -0.15) is 13.2 Å². The van der Waals surface area contributed by atoms with Crippen molar-refractivity contribution in [1.29, 1.82) is 0 Å². The number of fused-ring (bicyclic) bond motifs is 1. The minimum absolute atomic E-state index is 0.00307. The molecule has 4 aromatic carbocycles. The molecular formula is C35H27F3N2O7. The Morgan fingerprint density at radius 1 is 0.915 bits per heavy atom. The maximum absolute atomic E-state index is 13.5. The van der Waals surface area contributed by atoms with E-state index in [9.17, 15) is 37.5 Å². The average molecular weight is 645 g/mol. The molecule has 1 aromatic heterocycles. The van der Waals surface area contributed by atoms with Gasteiger partial charge in [0.2, 0.25) is 5.91 Å². The highest BCUT2D eigenvalue weighted by molar-refractivity contribution is 5.97. The van der Waals surface area contributed by atoms with Crippen LogP contribution in [0.25, 0.3) is 22.1 Å². The maximum atomic E-state index is 13.5. The van der Waals surface area contributed by atoms with Crippen molar-refractivity contribution in [2.24, 2.45) is 0 Å². The van der Waals surface area contributed by atoms with Gasteiger partial charge in [-0.05, 0) is 65.2 Å². The van der Waals surface area contributed by atoms with Crippen LogP contribution in [-0.2, 0) is 28.7 Å². The summed E-state index contributed by atoms with van der Waals surface area (Å²) >= 11 is 0. The molecule has 1 heterocycles. The number of hydrogen-bond acceptors (Lipinski definition) is 6. The molecule has 0 unspecified atom stereocenters. The van der Waals surface area contributed by atoms with Crippen molar-refractivity contribution in [2.75, 3.05) is 19.0 Å². The molecule has 2 amide bonds. The van der Waals surface area contributed by atoms with Gasteiger partial charge in [-0.15, -0.1) is 0 Å². The number of carbonyl (C=O) groups excluding carboxylic acids is 2. The summed E-state index contributed by atoms with van der Waals surface area (Å²) in [5, 5.41) is 12.6. The summed E-state index contributed by atoms with van der Waals surface area (Å²) in [7, 11) is 1.24. The second-order valence-electron chi connectivity index (χ2n) is 10.6. The zero-order chi connectivity index (χ0) is 33.7. The number of methoxy groups -OCH3 is 1. The first kappa shape index (κ1) is 32.5. The van der Waals surface area contributed by atoms with Gasteiger partial charge >= 0.3 is 17.8 Å². The lowest BCUT2D eigenvalue weighted by Gasteiger charge is -2.21. The number of carboxylic acid groups (broad SMARTS) is 1. The quantitative estimate of drug-likeness (QED) is 0.169. The Hall–Kier alpha value is -5.91. The second kappa shape index (κ2) is 13.6. The van der Waals surface area contributed by atoms with Crippen molar-refractivity contribution in [3.05, 3.63) is 130 Å². The lowest BCUT2D eigenvalue weighted by molar-refractivity contribution is -0.139. The zero-order valence-corrected chi connectivity index (χ0v) is 24.8. The SMILES string of the molecule is COc1ccc(CC(=O)Nc2ccc(C(=O)N(CC(=O)O)Cc3ccc4cc(-c5ccccc5)c(=O)oc4c3)cc2)c(C(F)(F)F)c1. The van der Waals surface area contributed by atoms with E-state index < -0.39 is 48.1 Å². The fraction of sp³-hybridized carbons (Fsp3) is 0.143. The minimum Gasteiger partial charge on any atom is -0.497 e. The van der Waals surface area contributed by atoms with E-state index in [4.69, 9.17) is 9.15 Å². The molecule has 47 heavy (non-hydrogen) atoms. The first-order chi connectivity index (χ1) is 22.4. The molecule has 0 saturated carbocycles. The molecule has 5 rings (SSSR count). The van der Waals surface area contributed by atoms with Gasteiger partial charge in [0.25, 0.3) is 5.91 Å². The molecule has 9 nitrogen and oxygen atoms in total. The van der Waals surface area contributed by atoms with Gasteiger partial charge in [0.05, 0.1) is 24.7 Å². The second-order valence-corrected chi connectivity index (χ2v) is 10.6. The molecule has 0 saturated heterocycles. The van der Waals surface area contributed by atoms with Crippen LogP contribution >= 0.6 is 0 Å². The molecule has 240 valence electrons. The number of benzene rings is 4. The van der Waals surface area contributed by atoms with Crippen LogP contribution in [0.1, 0.15) is 27.0 Å². The Bertz CT molecular complexity index is 2010. The van der Waals surface area contributed by atoms with E-state index in [1.165, 1.54) is 43.5 Å². The van der Waals surface area contributed by atoms with E-state index in [1.807, 2.05) is 6.07 Å². The van der Waals surface area contributed by atoms with Gasteiger partial charge in [-0.25, -0.2) is 4.79 Å². The molecule has 0 aliphatic carbocycles. The predicted molar refractivity (Wildman–Crippen MR) is 167 cm³/mol. The zero-order valence-electron chi connectivity index (χ0n) is 24.8. The smallest absolute Gasteiger partial charge is 0.416 e. The van der Waals surface area contributed by atoms with Crippen LogP contribution in [0.2, 0.25) is 0 Å². The Balaban J connectivity index is 1.30. The van der Waals surface area contributed by atoms with Crippen molar-refractivity contribution in [3.8, 4) is 16.9 Å². The number of carbonyl (C=O) groups is 3. The Kier molecular flexibility index (Phi) is 9.41. The summed E-state index contributed by atoms with van der Waals surface area (Å²) in [6.45, 7) is -0.747. The lowest BCUT2D eigenvalue weighted by atomic mass is 10.0. The van der Waals surface area contributed by atoms with Crippen molar-refractivity contribution < 1.29 is 41.8 Å². The Labute approximate surface area is 265 Å². The Morgan fingerprint density at radius 3 is 2.30 bits per heavy atom. The third kappa shape index (κ3) is 7.85. The maximum Gasteiger partial charge on any atom is 0.416 e. The van der Waals surface area contributed by atoms with Crippen molar-refractivity contribution in [1.82, 2.24) is 4.90 Å². The largest absolute Gasteiger partial charge is 0.497 e. The van der Waals surface area contributed by atoms with Crippen molar-refractivity contribution in [2.45, 2.75) is 19.1 Å². The first-order valence-electron chi connectivity index (χ1n) is 14.2. The topological polar surface area (TPSA) is 126 Å². The number of amides is 2. The minimum atomic E-state index is -4.69. The number of halogens is 3. The fourth-order valence-corrected chi connectivity index (χ4v) is 5.01. The lowest BCUT2D eigenvalue weighted by Crippen LogP contribution is -2.35. The number of nitrogens with zero attached hydrogens (tertiary/aromatic N) is 1. The fourth-order valence-electron chi connectivity index (χ4n) is 5.01. The molecule has 0 aliphatic rings. The highest BCUT2D eigenvalue weighted by atomic mass is 19.4. The number of hydrogen-bond donors (Lipinski definition) is 2. The van der Waals surface area contributed by atoms with Crippen LogP contribution in [0, 0.1) is 0 Å². The number of anilines is 1. The highest BCUT2D eigenvalue weighted by Crippen LogP contribution is 2.35. The van der Waals surface area contributed by atoms with Crippen LogP contribution in [0.3, 0.4) is 0 Å². The molecule has 2 N–H and O–H groups in total. The van der Waals surface area contributed by atoms with Gasteiger partial charge in [0.1, 0.15) is 17.9 Å². The van der Waals surface area contributed by atoms with E-state index in [2.05, 4.69) is 5.32 Å². The Morgan fingerprint density at radius 2 is 1.64 bits per heavy atom. The third-order valence-corrected chi connectivity index (χ3v) is 7.26. The third-order valence-electron chi connectivity index (χ3n) is 7.26. The van der Waals surface area contributed by atoms with E-state index in [0.717, 1.165) is 11.0 Å². The number of rotatable bonds is 10. The normalized spacial score (nSPS) is 11.2. The molecule has 0 atom stereocenters. The summed E-state index contributed by atoms with van der Waals surface area (Å²) in [6.07, 6.45) is -5.26. The van der Waals surface area contributed by atoms with Crippen LogP contribution in [-0.4, -0.2) is 41.4 Å². The van der Waals surface area contributed by atoms with Crippen molar-refractivity contribution >= 4 is 34.4 Å². The summed E-state index contributed by atoms with van der Waals surface area (Å²) in [6, 6.07) is 24.5. The standard InChI is InChI=1S/C35H27F3N2O7/c1-46-27-14-11-24(29(18-27)35(36,37)38)17-31(41)39-26-12-9-23(10-13-26)33(44)40(20-32(42)43)19-21-7-8-25-16-28(22-5-3-2-4-6-22)34(45)47-30(25)15-21/h2-16,18H,17,19-20H2,1H3,(H,39,41)(H,42,43). The highest BCUT2D eigenvalue weighted by Gasteiger charge is 2.34. The summed E-state index contributed by atoms with van der Waals surface area (Å²) in [5.74, 6) is -2.59. The molecule has 5 aromatic rings. The monoisotopic (exact) mass is 644 g/mol. The molecule has 0 radical (unpaired) electrons. The van der Waals surface area contributed by atoms with Crippen molar-refractivity contribution in [3.63, 3.8) is 0 Å². The van der Waals surface area contributed by atoms with E-state index in [0.29, 0.717) is 22.1 Å². The average Bonchev–Trinajstić information content (AvgIpc) is 3.04. The number of alkyl halides is 3. The molecular weight excluding hydrogens is 617 g/mol. The van der Waals surface area contributed by atoms with Gasteiger partial charge in [0, 0.05) is 23.2 Å². The summed E-state index contributed by atoms with van der Waals surface area (Å²) in [5.41, 5.74) is 0.431. The van der Waals surface area contributed by atoms with Gasteiger partial charge in [-0.3, -0.25) is 14.4 Å². The molecule has 12 heteroatoms. The number of nitrogens with one attached hydrogen (secondary N) is 1. The van der Waals surface area contributed by atoms with Gasteiger partial charge in [-0.1, -0.05) is 48.5 Å². The van der Waals surface area contributed by atoms with E-state index in [1.54, 1.807) is 48.5 Å². The number of carboxylic acids is 1. The van der Waals surface area contributed by atoms with E-state index >= 15 is 0 Å². The predicted octanol–water partition coefficient (Wildman–Crippen LogP) is 6.40. The summed E-state index contributed by atoms with van der Waals surface area (Å²) in [4.78, 5) is 51.4. The molecule has 0 bridgehead atoms. The molecule has 0 aliphatic heterocycles. The van der Waals surface area contributed by atoms with Gasteiger partial charge < -0.3 is 24.5 Å². The van der Waals surface area contributed by atoms with Crippen LogP contribution in [0.4, 0.5) is 18.9 Å². The molecule has 0 spiro atoms. The molecule has 0 fully saturated rings. The van der Waals surface area contributed by atoms with Crippen LogP contribution < -0.4 is 15.7 Å². The first-order valence-corrected chi connectivity index (χ1v) is 14.2. The van der Waals surface area contributed by atoms with Gasteiger partial charge in [0.15, 0.2) is 0 Å². The van der Waals surface area contributed by atoms with Crippen LogP contribution in [0.5, 0.6) is 5.75 Å². The summed E-state index contributed by atoms with van der Waals surface area (Å²) < 4.78 is 51.0. The number of aliphatic carboxylic acids is 1. The van der Waals surface area contributed by atoms with E-state index in [-0.39, 0.29) is 34.7 Å². The van der Waals surface area contributed by atoms with Crippen LogP contribution in [0.15, 0.2) is 106 Å². The number of ether oxygens (including phenoxy) is 1.